The molecule has 0 saturated carbocycles. The highest BCUT2D eigenvalue weighted by atomic mass is 16.7. The number of rotatable bonds is 14. The van der Waals surface area contributed by atoms with Gasteiger partial charge in [0.2, 0.25) is 11.8 Å². The molecule has 0 aliphatic carbocycles. The zero-order valence-electron chi connectivity index (χ0n) is 44.7. The first-order chi connectivity index (χ1) is 33.6. The van der Waals surface area contributed by atoms with Gasteiger partial charge in [0.15, 0.2) is 18.7 Å². The summed E-state index contributed by atoms with van der Waals surface area (Å²) < 4.78 is 44.4. The van der Waals surface area contributed by atoms with Crippen LogP contribution in [-0.4, -0.2) is 173 Å². The molecule has 0 unspecified atom stereocenters. The number of amides is 2. The maximum absolute atomic E-state index is 14.5. The van der Waals surface area contributed by atoms with Gasteiger partial charge in [0.05, 0.1) is 60.4 Å². The standard InChI is InChI=1S/C53H84N4O15/c1-15-39-53(11,65)44(60)32(6)47(61)55-28(2)26-51(9,64)45(72-50-42(59)38(57(12)13)24-29(3)67-50)30(4)43(31(5)49(63)69-39)71-41-27-52(10,66-14)46(34(8)68-41)70-40(58)22-23-54-33(7)48(62)56-37-21-20-35-18-16-17-19-36(35)25-37/h16-21,25,28-34,38-39,41-46,50,54,59-60,64-65H,15,22-24,26-27H2,1-14H3,(H,55,61)(H,56,62)/t28-,29-,30+,31-,32-,33+,34+,38+,39-,41+,42-,43+,44-,45-,46+,50+,51-,52-,53-/m1/s1. The smallest absolute Gasteiger partial charge is 0.311 e. The molecule has 3 heterocycles. The molecule has 19 atom stereocenters. The number of methoxy groups -OCH3 is 1. The molecule has 3 aliphatic rings. The van der Waals surface area contributed by atoms with E-state index in [1.165, 1.54) is 27.9 Å². The van der Waals surface area contributed by atoms with Gasteiger partial charge in [-0.3, -0.25) is 19.2 Å². The lowest BCUT2D eigenvalue weighted by molar-refractivity contribution is -0.318. The van der Waals surface area contributed by atoms with E-state index in [1.54, 1.807) is 48.5 Å². The summed E-state index contributed by atoms with van der Waals surface area (Å²) in [6, 6.07) is 11.8. The molecule has 3 fully saturated rings. The maximum atomic E-state index is 14.5. The Morgan fingerprint density at radius 2 is 1.58 bits per heavy atom. The number of anilines is 1. The fraction of sp³-hybridized carbons (Fsp3) is 0.736. The van der Waals surface area contributed by atoms with Crippen molar-refractivity contribution in [1.82, 2.24) is 15.5 Å². The summed E-state index contributed by atoms with van der Waals surface area (Å²) in [5, 5.41) is 58.4. The van der Waals surface area contributed by atoms with Gasteiger partial charge in [0.1, 0.15) is 23.4 Å². The number of esters is 2. The fourth-order valence-corrected chi connectivity index (χ4v) is 10.7. The van der Waals surface area contributed by atoms with Crippen LogP contribution in [-0.2, 0) is 52.3 Å². The molecule has 72 heavy (non-hydrogen) atoms. The molecule has 0 radical (unpaired) electrons. The van der Waals surface area contributed by atoms with E-state index in [2.05, 4.69) is 16.0 Å². The van der Waals surface area contributed by atoms with Crippen molar-refractivity contribution < 1.29 is 72.8 Å². The van der Waals surface area contributed by atoms with Crippen LogP contribution in [0.5, 0.6) is 0 Å². The molecule has 19 heteroatoms. The van der Waals surface area contributed by atoms with Gasteiger partial charge in [-0.2, -0.15) is 0 Å². The quantitative estimate of drug-likeness (QED) is 0.133. The molecule has 19 nitrogen and oxygen atoms in total. The number of carbonyl (C=O) groups excluding carboxylic acids is 4. The summed E-state index contributed by atoms with van der Waals surface area (Å²) in [5.41, 5.74) is -4.44. The molecular formula is C53H84N4O15. The first-order valence-corrected chi connectivity index (χ1v) is 25.5. The molecule has 2 aromatic carbocycles. The minimum Gasteiger partial charge on any atom is -0.459 e. The Morgan fingerprint density at radius 3 is 2.22 bits per heavy atom. The second kappa shape index (κ2) is 24.7. The number of cyclic esters (lactones) is 1. The Hall–Kier alpha value is -3.86. The first kappa shape index (κ1) is 59.0. The number of aliphatic hydroxyl groups is 4. The van der Waals surface area contributed by atoms with Crippen molar-refractivity contribution in [3.05, 3.63) is 42.5 Å². The minimum atomic E-state index is -2.08. The van der Waals surface area contributed by atoms with Gasteiger partial charge in [0, 0.05) is 43.8 Å². The topological polar surface area (TPSA) is 253 Å². The number of ether oxygens (including phenoxy) is 7. The number of likely N-dealkylation sites (N-methyl/N-ethyl adjacent to an activating group) is 1. The highest BCUT2D eigenvalue weighted by molar-refractivity contribution is 5.97. The molecule has 0 aromatic heterocycles. The summed E-state index contributed by atoms with van der Waals surface area (Å²) >= 11 is 0. The van der Waals surface area contributed by atoms with Crippen molar-refractivity contribution in [1.29, 1.82) is 0 Å². The molecule has 7 N–H and O–H groups in total. The largest absolute Gasteiger partial charge is 0.459 e. The van der Waals surface area contributed by atoms with Crippen LogP contribution in [0.15, 0.2) is 42.5 Å². The lowest BCUT2D eigenvalue weighted by Crippen LogP contribution is -2.61. The molecular weight excluding hydrogens is 933 g/mol. The monoisotopic (exact) mass is 1020 g/mol. The second-order valence-electron chi connectivity index (χ2n) is 21.5. The number of hydrogen-bond acceptors (Lipinski definition) is 17. The van der Waals surface area contributed by atoms with Crippen molar-refractivity contribution in [2.75, 3.05) is 33.1 Å². The maximum Gasteiger partial charge on any atom is 0.311 e. The molecule has 3 aliphatic heterocycles. The van der Waals surface area contributed by atoms with Gasteiger partial charge in [0.25, 0.3) is 0 Å². The number of hydrogen-bond donors (Lipinski definition) is 7. The van der Waals surface area contributed by atoms with E-state index in [4.69, 9.17) is 33.2 Å². The van der Waals surface area contributed by atoms with Crippen molar-refractivity contribution in [3.63, 3.8) is 0 Å². The van der Waals surface area contributed by atoms with Crippen LogP contribution >= 0.6 is 0 Å². The third-order valence-electron chi connectivity index (χ3n) is 15.1. The first-order valence-electron chi connectivity index (χ1n) is 25.5. The van der Waals surface area contributed by atoms with E-state index in [0.29, 0.717) is 12.1 Å². The van der Waals surface area contributed by atoms with Crippen LogP contribution in [0.25, 0.3) is 10.8 Å². The van der Waals surface area contributed by atoms with Crippen molar-refractivity contribution in [3.8, 4) is 0 Å². The third kappa shape index (κ3) is 14.1. The summed E-state index contributed by atoms with van der Waals surface area (Å²) in [4.78, 5) is 56.5. The summed E-state index contributed by atoms with van der Waals surface area (Å²) in [6.45, 7) is 18.1. The molecule has 3 saturated heterocycles. The Bertz CT molecular complexity index is 2140. The number of aliphatic hydroxyl groups excluding tert-OH is 2. The molecule has 406 valence electrons. The molecule has 2 aromatic rings. The zero-order chi connectivity index (χ0) is 53.6. The van der Waals surface area contributed by atoms with Gasteiger partial charge < -0.3 is 74.4 Å². The minimum absolute atomic E-state index is 0.00512. The van der Waals surface area contributed by atoms with E-state index in [0.717, 1.165) is 10.8 Å². The van der Waals surface area contributed by atoms with Crippen molar-refractivity contribution in [2.24, 2.45) is 17.8 Å². The van der Waals surface area contributed by atoms with E-state index in [1.807, 2.05) is 68.4 Å². The van der Waals surface area contributed by atoms with E-state index >= 15 is 0 Å². The molecule has 0 spiro atoms. The Balaban J connectivity index is 1.38. The summed E-state index contributed by atoms with van der Waals surface area (Å²) in [6.07, 6.45) is -10.6. The van der Waals surface area contributed by atoms with E-state index in [9.17, 15) is 39.6 Å². The van der Waals surface area contributed by atoms with Crippen molar-refractivity contribution in [2.45, 2.75) is 205 Å². The predicted molar refractivity (Wildman–Crippen MR) is 268 cm³/mol. The normalized spacial score (nSPS) is 39.0. The van der Waals surface area contributed by atoms with Gasteiger partial charge in [-0.1, -0.05) is 51.1 Å². The van der Waals surface area contributed by atoms with Crippen LogP contribution in [0.4, 0.5) is 5.69 Å². The highest BCUT2D eigenvalue weighted by Crippen LogP contribution is 2.40. The Labute approximate surface area is 425 Å². The Morgan fingerprint density at radius 1 is 0.917 bits per heavy atom. The van der Waals surface area contributed by atoms with Gasteiger partial charge in [-0.25, -0.2) is 0 Å². The van der Waals surface area contributed by atoms with Crippen LogP contribution in [0.3, 0.4) is 0 Å². The number of carbonyl (C=O) groups is 4. The predicted octanol–water partition coefficient (Wildman–Crippen LogP) is 3.80. The number of nitrogens with one attached hydrogen (secondary N) is 3. The molecule has 0 bridgehead atoms. The SMILES string of the molecule is CC[C@H]1OC(=O)[C@H](C)[C@@H](O[C@H]2C[C@@](C)(OC)[C@@H](OC(=O)CCN[C@@H](C)C(=O)Nc3ccc4ccccc4c3)[C@H](C)O2)[C@H](C)[C@@H](O[C@@H]2O[C@H](C)C[C@H](N(C)C)[C@H]2O)[C@](C)(O)C[C@@H](C)NC(=O)[C@H](C)[C@@H](O)[C@]1(C)O. The van der Waals surface area contributed by atoms with E-state index < -0.39 is 120 Å². The average Bonchev–Trinajstić information content (AvgIpc) is 3.31. The van der Waals surface area contributed by atoms with Gasteiger partial charge in [-0.05, 0) is 112 Å². The number of fused-ring (bicyclic) bond motifs is 1. The van der Waals surface area contributed by atoms with Crippen LogP contribution in [0.1, 0.15) is 108 Å². The lowest BCUT2D eigenvalue weighted by atomic mass is 9.78. The number of benzene rings is 2. The second-order valence-corrected chi connectivity index (χ2v) is 21.5. The summed E-state index contributed by atoms with van der Waals surface area (Å²) in [7, 11) is 5.15. The van der Waals surface area contributed by atoms with Gasteiger partial charge in [-0.15, -0.1) is 0 Å². The number of nitrogens with zero attached hydrogens (tertiary/aromatic N) is 1. The fourth-order valence-electron chi connectivity index (χ4n) is 10.7. The van der Waals surface area contributed by atoms with Crippen LogP contribution in [0, 0.1) is 17.8 Å². The summed E-state index contributed by atoms with van der Waals surface area (Å²) in [5.74, 6) is -5.52. The zero-order valence-corrected chi connectivity index (χ0v) is 44.7. The van der Waals surface area contributed by atoms with Crippen molar-refractivity contribution >= 4 is 40.2 Å². The molecule has 2 amide bonds. The third-order valence-corrected chi connectivity index (χ3v) is 15.1. The van der Waals surface area contributed by atoms with E-state index in [-0.39, 0.29) is 50.3 Å². The highest BCUT2D eigenvalue weighted by Gasteiger charge is 2.54. The van der Waals surface area contributed by atoms with Crippen LogP contribution in [0.2, 0.25) is 0 Å². The molecule has 5 rings (SSSR count). The lowest BCUT2D eigenvalue weighted by Gasteiger charge is -2.49. The Kier molecular flexibility index (Phi) is 20.2. The van der Waals surface area contributed by atoms with Gasteiger partial charge >= 0.3 is 11.9 Å². The van der Waals surface area contributed by atoms with Crippen LogP contribution < -0.4 is 16.0 Å². The average molecular weight is 1020 g/mol.